The first-order valence-electron chi connectivity index (χ1n) is 7.82. The molecule has 8 heteroatoms. The van der Waals surface area contributed by atoms with Gasteiger partial charge in [0.25, 0.3) is 0 Å². The molecule has 0 fully saturated rings. The molecule has 4 N–H and O–H groups in total. The molecule has 0 saturated carbocycles. The minimum absolute atomic E-state index is 0. The van der Waals surface area contributed by atoms with Gasteiger partial charge >= 0.3 is 35.5 Å². The Hall–Kier alpha value is -2.22. The SMILES string of the molecule is CNc1cc(NC)c2c(=O)c3cccc(CC(=O)O)c3oc2c1NC.[H-].[Na+]. The van der Waals surface area contributed by atoms with Crippen molar-refractivity contribution in [2.45, 2.75) is 6.42 Å². The van der Waals surface area contributed by atoms with Gasteiger partial charge in [0, 0.05) is 26.7 Å². The zero-order valence-electron chi connectivity index (χ0n) is 16.2. The van der Waals surface area contributed by atoms with E-state index in [2.05, 4.69) is 16.0 Å². The second-order valence-corrected chi connectivity index (χ2v) is 5.60. The Morgan fingerprint density at radius 2 is 1.81 bits per heavy atom. The number of nitrogens with one attached hydrogen (secondary N) is 3. The monoisotopic (exact) mass is 365 g/mol. The van der Waals surface area contributed by atoms with Gasteiger partial charge in [0.05, 0.1) is 28.6 Å². The largest absolute Gasteiger partial charge is 1.00 e. The number of carbonyl (C=O) groups is 1. The van der Waals surface area contributed by atoms with Crippen molar-refractivity contribution < 1.29 is 45.3 Å². The summed E-state index contributed by atoms with van der Waals surface area (Å²) in [5, 5.41) is 19.1. The Labute approximate surface area is 173 Å². The van der Waals surface area contributed by atoms with E-state index >= 15 is 0 Å². The molecule has 0 spiro atoms. The number of hydrogen-bond donors (Lipinski definition) is 4. The first kappa shape index (κ1) is 20.1. The molecule has 0 bridgehead atoms. The summed E-state index contributed by atoms with van der Waals surface area (Å²) in [5.41, 5.74) is 2.98. The van der Waals surface area contributed by atoms with Gasteiger partial charge in [-0.15, -0.1) is 0 Å². The Balaban J connectivity index is 0.00000182. The Morgan fingerprint density at radius 3 is 2.38 bits per heavy atom. The van der Waals surface area contributed by atoms with Gasteiger partial charge in [0.15, 0.2) is 5.58 Å². The van der Waals surface area contributed by atoms with Crippen LogP contribution in [0, 0.1) is 0 Å². The molecule has 132 valence electrons. The summed E-state index contributed by atoms with van der Waals surface area (Å²) in [6, 6.07) is 6.81. The molecule has 0 aliphatic heterocycles. The van der Waals surface area contributed by atoms with Crippen molar-refractivity contribution in [3.63, 3.8) is 0 Å². The fraction of sp³-hybridized carbons (Fsp3) is 0.222. The van der Waals surface area contributed by atoms with Crippen molar-refractivity contribution >= 4 is 45.0 Å². The molecule has 0 saturated heterocycles. The third-order valence-electron chi connectivity index (χ3n) is 4.18. The average molecular weight is 365 g/mol. The number of benzene rings is 2. The molecule has 0 aliphatic rings. The minimum atomic E-state index is -0.982. The topological polar surface area (TPSA) is 104 Å². The summed E-state index contributed by atoms with van der Waals surface area (Å²) >= 11 is 0. The molecular weight excluding hydrogens is 345 g/mol. The number of fused-ring (bicyclic) bond motifs is 2. The van der Waals surface area contributed by atoms with Gasteiger partial charge in [-0.2, -0.15) is 0 Å². The van der Waals surface area contributed by atoms with E-state index < -0.39 is 5.97 Å². The quantitative estimate of drug-likeness (QED) is 0.367. The third kappa shape index (κ3) is 3.25. The molecular formula is C18H20N3NaO4. The van der Waals surface area contributed by atoms with Crippen LogP contribution in [-0.2, 0) is 11.2 Å². The number of anilines is 3. The molecule has 0 radical (unpaired) electrons. The second-order valence-electron chi connectivity index (χ2n) is 5.60. The van der Waals surface area contributed by atoms with Crippen molar-refractivity contribution in [3.8, 4) is 0 Å². The van der Waals surface area contributed by atoms with Crippen LogP contribution in [0.3, 0.4) is 0 Å². The maximum atomic E-state index is 13.1. The van der Waals surface area contributed by atoms with Gasteiger partial charge in [-0.1, -0.05) is 12.1 Å². The predicted octanol–water partition coefficient (Wildman–Crippen LogP) is -0.185. The molecule has 7 nitrogen and oxygen atoms in total. The average Bonchev–Trinajstić information content (AvgIpc) is 2.60. The summed E-state index contributed by atoms with van der Waals surface area (Å²) in [4.78, 5) is 24.2. The van der Waals surface area contributed by atoms with Crippen LogP contribution in [0.15, 0.2) is 33.5 Å². The predicted molar refractivity (Wildman–Crippen MR) is 101 cm³/mol. The van der Waals surface area contributed by atoms with E-state index in [-0.39, 0.29) is 42.8 Å². The van der Waals surface area contributed by atoms with Gasteiger partial charge in [-0.05, 0) is 12.1 Å². The normalized spacial score (nSPS) is 10.4. The van der Waals surface area contributed by atoms with Crippen molar-refractivity contribution in [1.82, 2.24) is 0 Å². The Morgan fingerprint density at radius 1 is 1.12 bits per heavy atom. The van der Waals surface area contributed by atoms with Crippen LogP contribution >= 0.6 is 0 Å². The van der Waals surface area contributed by atoms with Crippen LogP contribution in [-0.4, -0.2) is 32.2 Å². The van der Waals surface area contributed by atoms with Crippen LogP contribution in [0.1, 0.15) is 6.99 Å². The van der Waals surface area contributed by atoms with E-state index in [4.69, 9.17) is 9.52 Å². The van der Waals surface area contributed by atoms with Crippen molar-refractivity contribution in [2.24, 2.45) is 0 Å². The van der Waals surface area contributed by atoms with E-state index in [0.29, 0.717) is 38.9 Å². The minimum Gasteiger partial charge on any atom is -1.00 e. The fourth-order valence-electron chi connectivity index (χ4n) is 3.05. The first-order chi connectivity index (χ1) is 12.0. The molecule has 1 aromatic heterocycles. The molecule has 26 heavy (non-hydrogen) atoms. The second kappa shape index (κ2) is 7.99. The smallest absolute Gasteiger partial charge is 1.00 e. The van der Waals surface area contributed by atoms with Crippen molar-refractivity contribution in [2.75, 3.05) is 37.1 Å². The number of para-hydroxylation sites is 1. The summed E-state index contributed by atoms with van der Waals surface area (Å²) in [7, 11) is 5.25. The summed E-state index contributed by atoms with van der Waals surface area (Å²) in [5.74, 6) is -0.982. The van der Waals surface area contributed by atoms with E-state index in [9.17, 15) is 9.59 Å². The van der Waals surface area contributed by atoms with E-state index in [0.717, 1.165) is 5.69 Å². The van der Waals surface area contributed by atoms with Gasteiger partial charge in [0.2, 0.25) is 5.43 Å². The molecule has 0 unspecified atom stereocenters. The summed E-state index contributed by atoms with van der Waals surface area (Å²) in [6.45, 7) is 0. The molecule has 3 aromatic rings. The number of carboxylic acids is 1. The van der Waals surface area contributed by atoms with E-state index in [1.165, 1.54) is 0 Å². The van der Waals surface area contributed by atoms with Crippen LogP contribution in [0.4, 0.5) is 17.1 Å². The van der Waals surface area contributed by atoms with Crippen LogP contribution < -0.4 is 50.9 Å². The molecule has 1 heterocycles. The molecule has 0 amide bonds. The zero-order valence-corrected chi connectivity index (χ0v) is 17.2. The molecule has 0 atom stereocenters. The maximum absolute atomic E-state index is 13.1. The summed E-state index contributed by atoms with van der Waals surface area (Å²) in [6.07, 6.45) is -0.217. The molecule has 0 aliphatic carbocycles. The zero-order chi connectivity index (χ0) is 18.1. The number of carboxylic acid groups (broad SMARTS) is 1. The Bertz CT molecular complexity index is 1050. The standard InChI is InChI=1S/C18H19N3O4.Na.H/c1-19-11-8-12(20-2)15(21-3)18-14(11)16(24)10-6-4-5-9(7-13(22)23)17(10)25-18;;/h4-6,8,19-21H,7H2,1-3H3,(H,22,23);;/q;+1;-1. The van der Waals surface area contributed by atoms with Gasteiger partial charge < -0.3 is 26.9 Å². The van der Waals surface area contributed by atoms with Crippen LogP contribution in [0.2, 0.25) is 0 Å². The molecule has 3 rings (SSSR count). The number of rotatable bonds is 5. The van der Waals surface area contributed by atoms with Crippen LogP contribution in [0.5, 0.6) is 0 Å². The Kier molecular flexibility index (Phi) is 6.17. The van der Waals surface area contributed by atoms with Crippen molar-refractivity contribution in [1.29, 1.82) is 0 Å². The van der Waals surface area contributed by atoms with Crippen molar-refractivity contribution in [3.05, 3.63) is 40.1 Å². The summed E-state index contributed by atoms with van der Waals surface area (Å²) < 4.78 is 6.06. The first-order valence-corrected chi connectivity index (χ1v) is 7.82. The number of aliphatic carboxylic acids is 1. The van der Waals surface area contributed by atoms with E-state index in [1.807, 2.05) is 6.07 Å². The molecule has 2 aromatic carbocycles. The van der Waals surface area contributed by atoms with Gasteiger partial charge in [-0.25, -0.2) is 0 Å². The third-order valence-corrected chi connectivity index (χ3v) is 4.18. The number of hydrogen-bond acceptors (Lipinski definition) is 6. The fourth-order valence-corrected chi connectivity index (χ4v) is 3.05. The van der Waals surface area contributed by atoms with E-state index in [1.54, 1.807) is 39.3 Å². The van der Waals surface area contributed by atoms with Gasteiger partial charge in [0.1, 0.15) is 11.3 Å². The van der Waals surface area contributed by atoms with Crippen LogP contribution in [0.25, 0.3) is 21.9 Å². The maximum Gasteiger partial charge on any atom is 1.00 e. The van der Waals surface area contributed by atoms with Gasteiger partial charge in [-0.3, -0.25) is 9.59 Å².